The summed E-state index contributed by atoms with van der Waals surface area (Å²) in [6.07, 6.45) is 0. The Labute approximate surface area is 154 Å². The zero-order valence-electron chi connectivity index (χ0n) is 14.3. The highest BCUT2D eigenvalue weighted by Gasteiger charge is 2.16. The quantitative estimate of drug-likeness (QED) is 0.343. The van der Waals surface area contributed by atoms with Crippen LogP contribution in [0.4, 0.5) is 11.4 Å². The van der Waals surface area contributed by atoms with Crippen LogP contribution < -0.4 is 11.4 Å². The predicted octanol–water partition coefficient (Wildman–Crippen LogP) is 3.33. The number of nitrogens with two attached hydrogens (primary N) is 1. The molecule has 4 rings (SSSR count). The molecule has 0 aliphatic rings. The molecule has 0 unspecified atom stereocenters. The van der Waals surface area contributed by atoms with Crippen molar-refractivity contribution in [3.63, 3.8) is 0 Å². The summed E-state index contributed by atoms with van der Waals surface area (Å²) in [5.41, 5.74) is 8.92. The van der Waals surface area contributed by atoms with Gasteiger partial charge in [-0.25, -0.2) is 4.79 Å². The van der Waals surface area contributed by atoms with Crippen molar-refractivity contribution < 1.29 is 4.92 Å². The average Bonchev–Trinajstić information content (AvgIpc) is 2.95. The van der Waals surface area contributed by atoms with Crippen LogP contribution in [0.5, 0.6) is 0 Å². The van der Waals surface area contributed by atoms with Crippen molar-refractivity contribution in [2.45, 2.75) is 6.54 Å². The van der Waals surface area contributed by atoms with Gasteiger partial charge in [-0.15, -0.1) is 0 Å². The molecule has 7 heteroatoms. The maximum absolute atomic E-state index is 13.2. The molecular formula is C20H16N4O3. The molecule has 0 saturated heterocycles. The number of nitrogen functional groups attached to an aromatic ring is 1. The van der Waals surface area contributed by atoms with Crippen molar-refractivity contribution in [3.8, 4) is 5.69 Å². The number of fused-ring (bicyclic) bond motifs is 1. The van der Waals surface area contributed by atoms with Crippen LogP contribution in [0, 0.1) is 10.1 Å². The van der Waals surface area contributed by atoms with Crippen LogP contribution in [0.15, 0.2) is 77.6 Å². The molecule has 0 aliphatic heterocycles. The first-order valence-corrected chi connectivity index (χ1v) is 8.34. The number of para-hydroxylation sites is 2. The van der Waals surface area contributed by atoms with Crippen molar-refractivity contribution in [1.82, 2.24) is 9.13 Å². The fraction of sp³-hybridized carbons (Fsp3) is 0.0500. The molecule has 3 aromatic carbocycles. The summed E-state index contributed by atoms with van der Waals surface area (Å²) in [5.74, 6) is 0. The number of aromatic nitrogens is 2. The largest absolute Gasteiger partial charge is 0.399 e. The van der Waals surface area contributed by atoms with Crippen LogP contribution in [-0.4, -0.2) is 14.1 Å². The number of hydrogen-bond donors (Lipinski definition) is 1. The highest BCUT2D eigenvalue weighted by atomic mass is 16.6. The zero-order valence-corrected chi connectivity index (χ0v) is 14.3. The standard InChI is InChI=1S/C20H16N4O3/c21-15-10-8-14(9-11-15)13-22-18-6-1-2-7-19(18)23(20(22)25)16-4-3-5-17(12-16)24(26)27/h1-12H,13,21H2. The SMILES string of the molecule is Nc1ccc(Cn2c(=O)n(-c3cccc([N+](=O)[O-])c3)c3ccccc32)cc1. The number of nitrogens with zero attached hydrogens (tertiary/aromatic N) is 3. The normalized spacial score (nSPS) is 11.0. The fourth-order valence-corrected chi connectivity index (χ4v) is 3.16. The van der Waals surface area contributed by atoms with Crippen molar-refractivity contribution in [3.05, 3.63) is 99.0 Å². The predicted molar refractivity (Wildman–Crippen MR) is 104 cm³/mol. The number of rotatable bonds is 4. The Kier molecular flexibility index (Phi) is 3.97. The van der Waals surface area contributed by atoms with E-state index < -0.39 is 4.92 Å². The van der Waals surface area contributed by atoms with Crippen LogP contribution in [-0.2, 0) is 6.54 Å². The van der Waals surface area contributed by atoms with Gasteiger partial charge < -0.3 is 5.73 Å². The van der Waals surface area contributed by atoms with Gasteiger partial charge in [0.05, 0.1) is 28.2 Å². The average molecular weight is 360 g/mol. The Balaban J connectivity index is 1.91. The molecular weight excluding hydrogens is 344 g/mol. The van der Waals surface area contributed by atoms with E-state index in [1.54, 1.807) is 28.8 Å². The molecule has 0 saturated carbocycles. The van der Waals surface area contributed by atoms with Gasteiger partial charge in [0, 0.05) is 17.8 Å². The lowest BCUT2D eigenvalue weighted by Gasteiger charge is -2.04. The highest BCUT2D eigenvalue weighted by molar-refractivity contribution is 5.78. The van der Waals surface area contributed by atoms with Crippen LogP contribution in [0.2, 0.25) is 0 Å². The summed E-state index contributed by atoms with van der Waals surface area (Å²) < 4.78 is 3.15. The van der Waals surface area contributed by atoms with Crippen LogP contribution in [0.1, 0.15) is 5.56 Å². The fourth-order valence-electron chi connectivity index (χ4n) is 3.16. The second-order valence-corrected chi connectivity index (χ2v) is 6.21. The monoisotopic (exact) mass is 360 g/mol. The Morgan fingerprint density at radius 2 is 1.63 bits per heavy atom. The van der Waals surface area contributed by atoms with Gasteiger partial charge in [-0.2, -0.15) is 0 Å². The summed E-state index contributed by atoms with van der Waals surface area (Å²) in [4.78, 5) is 23.8. The van der Waals surface area contributed by atoms with Gasteiger partial charge in [0.25, 0.3) is 5.69 Å². The smallest absolute Gasteiger partial charge is 0.334 e. The van der Waals surface area contributed by atoms with Crippen molar-refractivity contribution in [2.75, 3.05) is 5.73 Å². The second-order valence-electron chi connectivity index (χ2n) is 6.21. The Hall–Kier alpha value is -3.87. The van der Waals surface area contributed by atoms with E-state index in [-0.39, 0.29) is 11.4 Å². The topological polar surface area (TPSA) is 96.1 Å². The van der Waals surface area contributed by atoms with Gasteiger partial charge >= 0.3 is 5.69 Å². The van der Waals surface area contributed by atoms with Gasteiger partial charge in [-0.1, -0.05) is 30.3 Å². The van der Waals surface area contributed by atoms with Gasteiger partial charge in [-0.05, 0) is 35.9 Å². The first kappa shape index (κ1) is 16.6. The van der Waals surface area contributed by atoms with Crippen LogP contribution >= 0.6 is 0 Å². The Morgan fingerprint density at radius 1 is 0.926 bits per heavy atom. The van der Waals surface area contributed by atoms with Crippen LogP contribution in [0.3, 0.4) is 0 Å². The molecule has 0 atom stereocenters. The van der Waals surface area contributed by atoms with E-state index in [0.717, 1.165) is 11.1 Å². The Bertz CT molecular complexity index is 1210. The first-order chi connectivity index (χ1) is 13.0. The van der Waals surface area contributed by atoms with E-state index in [2.05, 4.69) is 0 Å². The molecule has 0 spiro atoms. The van der Waals surface area contributed by atoms with E-state index in [9.17, 15) is 14.9 Å². The van der Waals surface area contributed by atoms with E-state index in [4.69, 9.17) is 5.73 Å². The van der Waals surface area contributed by atoms with Crippen LogP contribution in [0.25, 0.3) is 16.7 Å². The van der Waals surface area contributed by atoms with Gasteiger partial charge in [-0.3, -0.25) is 19.2 Å². The zero-order chi connectivity index (χ0) is 19.0. The minimum absolute atomic E-state index is 0.0604. The summed E-state index contributed by atoms with van der Waals surface area (Å²) in [6, 6.07) is 20.8. The molecule has 7 nitrogen and oxygen atoms in total. The van der Waals surface area contributed by atoms with Gasteiger partial charge in [0.2, 0.25) is 0 Å². The summed E-state index contributed by atoms with van der Waals surface area (Å²) >= 11 is 0. The van der Waals surface area contributed by atoms with Gasteiger partial charge in [0.15, 0.2) is 0 Å². The lowest BCUT2D eigenvalue weighted by molar-refractivity contribution is -0.384. The molecule has 0 radical (unpaired) electrons. The Morgan fingerprint density at radius 3 is 2.33 bits per heavy atom. The number of benzene rings is 3. The number of anilines is 1. The maximum Gasteiger partial charge on any atom is 0.334 e. The molecule has 0 fully saturated rings. The number of imidazole rings is 1. The minimum Gasteiger partial charge on any atom is -0.399 e. The van der Waals surface area contributed by atoms with Crippen molar-refractivity contribution >= 4 is 22.4 Å². The molecule has 1 aromatic heterocycles. The molecule has 134 valence electrons. The lowest BCUT2D eigenvalue weighted by Crippen LogP contribution is -2.23. The van der Waals surface area contributed by atoms with E-state index in [1.807, 2.05) is 36.4 Å². The molecule has 0 amide bonds. The maximum atomic E-state index is 13.2. The third-order valence-electron chi connectivity index (χ3n) is 4.45. The minimum atomic E-state index is -0.470. The van der Waals surface area contributed by atoms with Gasteiger partial charge in [0.1, 0.15) is 0 Å². The molecule has 4 aromatic rings. The number of nitro groups is 1. The number of nitro benzene ring substituents is 1. The molecule has 1 heterocycles. The molecule has 2 N–H and O–H groups in total. The first-order valence-electron chi connectivity index (χ1n) is 8.34. The molecule has 27 heavy (non-hydrogen) atoms. The summed E-state index contributed by atoms with van der Waals surface area (Å²) in [5, 5.41) is 11.1. The van der Waals surface area contributed by atoms with E-state index in [0.29, 0.717) is 23.4 Å². The number of hydrogen-bond acceptors (Lipinski definition) is 4. The van der Waals surface area contributed by atoms with E-state index in [1.165, 1.54) is 16.7 Å². The summed E-state index contributed by atoms with van der Waals surface area (Å²) in [6.45, 7) is 0.377. The number of non-ortho nitro benzene ring substituents is 1. The summed E-state index contributed by atoms with van der Waals surface area (Å²) in [7, 11) is 0. The third kappa shape index (κ3) is 2.95. The van der Waals surface area contributed by atoms with E-state index >= 15 is 0 Å². The highest BCUT2D eigenvalue weighted by Crippen LogP contribution is 2.21. The molecule has 0 aliphatic carbocycles. The lowest BCUT2D eigenvalue weighted by atomic mass is 10.2. The van der Waals surface area contributed by atoms with Crippen molar-refractivity contribution in [2.24, 2.45) is 0 Å². The second kappa shape index (κ2) is 6.45. The molecule has 0 bridgehead atoms. The van der Waals surface area contributed by atoms with Crippen molar-refractivity contribution in [1.29, 1.82) is 0 Å². The third-order valence-corrected chi connectivity index (χ3v) is 4.45.